The zero-order valence-electron chi connectivity index (χ0n) is 100. The molecule has 13 aromatic rings. The molecule has 0 aliphatic heterocycles. The van der Waals surface area contributed by atoms with Crippen LogP contribution >= 0.6 is 0 Å². The summed E-state index contributed by atoms with van der Waals surface area (Å²) in [6.45, 7) is -12.0. The minimum atomic E-state index is -2.58. The predicted molar refractivity (Wildman–Crippen MR) is 476 cm³/mol. The van der Waals surface area contributed by atoms with Crippen LogP contribution in [0.4, 0.5) is 0 Å². The molecule has 0 bridgehead atoms. The van der Waals surface area contributed by atoms with Crippen molar-refractivity contribution in [3.05, 3.63) is 332 Å². The molecule has 0 saturated heterocycles. The van der Waals surface area contributed by atoms with Crippen molar-refractivity contribution in [3.63, 3.8) is 0 Å². The third-order valence-corrected chi connectivity index (χ3v) is 21.3. The lowest BCUT2D eigenvalue weighted by molar-refractivity contribution is -0.661. The molecule has 4 heterocycles. The van der Waals surface area contributed by atoms with Crippen LogP contribution in [0.5, 0.6) is 0 Å². The van der Waals surface area contributed by atoms with Crippen molar-refractivity contribution in [2.45, 2.75) is 193 Å². The second kappa shape index (κ2) is 35.5. The molecule has 4 aromatic heterocycles. The topological polar surface area (TPSA) is 15.5 Å². The number of hydrogen-bond acceptors (Lipinski definition) is 0. The fraction of sp³-hybridized carbons (Fsp3) is 0.315. The van der Waals surface area contributed by atoms with E-state index >= 15 is 0 Å². The molecular weight excluding hydrogens is 1350 g/mol. The monoisotopic (exact) mass is 1510 g/mol. The van der Waals surface area contributed by atoms with E-state index in [1.165, 1.54) is 42.1 Å². The Balaban J connectivity index is 0.000000174. The van der Waals surface area contributed by atoms with E-state index in [0.717, 1.165) is 65.6 Å². The van der Waals surface area contributed by atoms with Crippen LogP contribution in [0, 0.1) is 102 Å². The van der Waals surface area contributed by atoms with Gasteiger partial charge in [0, 0.05) is 116 Å². The van der Waals surface area contributed by atoms with E-state index in [9.17, 15) is 1.37 Å². The summed E-state index contributed by atoms with van der Waals surface area (Å²) in [4.78, 5) is 0. The summed E-state index contributed by atoms with van der Waals surface area (Å²) >= 11 is 0. The van der Waals surface area contributed by atoms with Gasteiger partial charge in [0.25, 0.3) is 0 Å². The quantitative estimate of drug-likeness (QED) is 0.108. The maximum Gasteiger partial charge on any atom is 0.213 e. The number of pyridine rings is 4. The highest BCUT2D eigenvalue weighted by Crippen LogP contribution is 2.42. The molecule has 0 radical (unpaired) electrons. The van der Waals surface area contributed by atoms with Crippen LogP contribution in [0.1, 0.15) is 232 Å². The van der Waals surface area contributed by atoms with Crippen LogP contribution in [0.25, 0.3) is 101 Å². The molecule has 2 fully saturated rings. The van der Waals surface area contributed by atoms with Gasteiger partial charge in [-0.25, -0.2) is 18.3 Å². The highest BCUT2D eigenvalue weighted by molar-refractivity contribution is 5.82. The Labute approximate surface area is 721 Å². The number of aromatic nitrogens is 4. The Morgan fingerprint density at radius 3 is 1.09 bits per heavy atom. The number of nitrogens with zero attached hydrogens (tertiary/aromatic N) is 4. The average molecular weight is 1510 g/mol. The molecule has 572 valence electrons. The molecule has 0 spiro atoms. The van der Waals surface area contributed by atoms with E-state index in [4.69, 9.17) is 45.2 Å². The second-order valence-electron chi connectivity index (χ2n) is 30.8. The van der Waals surface area contributed by atoms with Gasteiger partial charge in [-0.05, 0) is 303 Å². The van der Waals surface area contributed by atoms with Crippen LogP contribution in [0.15, 0.2) is 237 Å². The fourth-order valence-corrected chi connectivity index (χ4v) is 15.4. The summed E-state index contributed by atoms with van der Waals surface area (Å²) < 4.78 is 286. The van der Waals surface area contributed by atoms with E-state index in [0.29, 0.717) is 115 Å². The highest BCUT2D eigenvalue weighted by Gasteiger charge is 2.28. The standard InChI is InChI=1S/C28H34N.C27H32N.C27H34N.C26H24N/c1-19-11-9-10-14-24(19)26-16-27(21(3)15-20(26)2)28-17-25(22(4)18-29(28)5)23-12-7-6-8-13-23;1-18-10-6-9-13-23(18)25-15-26(20(3)14-19(25)2)27-16-24(21(4)17-28(27)5)22-11-7-8-12-22;1-18-11-9-10-12-23(18)24-15-25(20(3)13-19(24)2)26-14-22(16-27(5,6)7)21(4)17-28(26)8;1-19-9-7-8-12-24(19)23-14-13-20(2)25(17-23)26-18-22(15-16-27(26)3)21-10-5-4-6-11-21/h9-11,14-18,23H,6-8,12-13H2,1-5H3;6,9-10,13-17,22H,7-8,11-12H2,1-5H3;9-15,17H,16H2,1-8H3;4-18H,1-3H3/q4*+1/i1D3,2D3,4D3,23D;1D3,2D3,4D3,22D;1D3,2D3,4D3,16D2;1D3. The minimum Gasteiger partial charge on any atom is -0.201 e. The third kappa shape index (κ3) is 18.7. The van der Waals surface area contributed by atoms with E-state index < -0.39 is 92.1 Å². The maximum absolute atomic E-state index is 9.26. The van der Waals surface area contributed by atoms with Gasteiger partial charge in [0.05, 0.1) is 0 Å². The molecule has 2 aliphatic rings. The largest absolute Gasteiger partial charge is 0.213 e. The number of aryl methyl sites for hydroxylation is 18. The van der Waals surface area contributed by atoms with Crippen LogP contribution in [0.3, 0.4) is 0 Å². The minimum absolute atomic E-state index is 0.00698. The predicted octanol–water partition coefficient (Wildman–Crippen LogP) is 26.7. The van der Waals surface area contributed by atoms with Crippen molar-refractivity contribution in [2.24, 2.45) is 33.6 Å². The number of hydrogen-bond donors (Lipinski definition) is 0. The van der Waals surface area contributed by atoms with Gasteiger partial charge in [0.2, 0.25) is 22.8 Å². The van der Waals surface area contributed by atoms with E-state index in [1.807, 2.05) is 43.4 Å². The Hall–Kier alpha value is -10.4. The molecule has 4 heteroatoms. The second-order valence-corrected chi connectivity index (χ2v) is 30.8. The Bertz CT molecular complexity index is 6980. The Kier molecular flexibility index (Phi) is 15.2. The normalized spacial score (nSPS) is 19.3. The van der Waals surface area contributed by atoms with Crippen molar-refractivity contribution in [1.82, 2.24) is 0 Å². The van der Waals surface area contributed by atoms with Gasteiger partial charge in [-0.3, -0.25) is 0 Å². The van der Waals surface area contributed by atoms with Crippen LogP contribution in [-0.2, 0) is 34.6 Å². The van der Waals surface area contributed by atoms with Gasteiger partial charge in [0.1, 0.15) is 28.2 Å². The first-order valence-electron chi connectivity index (χ1n) is 55.3. The lowest BCUT2D eigenvalue weighted by Gasteiger charge is -2.23. The van der Waals surface area contributed by atoms with Crippen molar-refractivity contribution in [1.29, 1.82) is 0 Å². The summed E-state index contributed by atoms with van der Waals surface area (Å²) in [5.74, 6) is -2.05. The van der Waals surface area contributed by atoms with E-state index in [1.54, 1.807) is 198 Å². The summed E-state index contributed by atoms with van der Waals surface area (Å²) in [6.07, 6.45) is 11.2. The van der Waals surface area contributed by atoms with Crippen molar-refractivity contribution in [3.8, 4) is 101 Å². The van der Waals surface area contributed by atoms with Gasteiger partial charge in [0.15, 0.2) is 24.8 Å². The molecule has 9 aromatic carbocycles. The maximum atomic E-state index is 9.26. The molecule has 15 rings (SSSR count). The molecule has 4 nitrogen and oxygen atoms in total. The third-order valence-electron chi connectivity index (χ3n) is 21.3. The van der Waals surface area contributed by atoms with Gasteiger partial charge < -0.3 is 0 Å². The van der Waals surface area contributed by atoms with Crippen molar-refractivity contribution in [2.75, 3.05) is 0 Å². The number of benzene rings is 9. The van der Waals surface area contributed by atoms with Crippen LogP contribution < -0.4 is 18.3 Å². The molecular formula is C108H124N4+4. The summed E-state index contributed by atoms with van der Waals surface area (Å²) in [5.41, 5.74) is 15.2. The molecule has 0 amide bonds. The first-order valence-corrected chi connectivity index (χ1v) is 38.3. The van der Waals surface area contributed by atoms with Gasteiger partial charge in [-0.1, -0.05) is 211 Å². The molecule has 0 N–H and O–H groups in total. The Morgan fingerprint density at radius 2 is 0.661 bits per heavy atom. The van der Waals surface area contributed by atoms with Crippen LogP contribution in [-0.4, -0.2) is 0 Å². The molecule has 2 aliphatic carbocycles. The number of rotatable bonds is 12. The lowest BCUT2D eigenvalue weighted by Crippen LogP contribution is -2.32. The Morgan fingerprint density at radius 1 is 0.295 bits per heavy atom. The highest BCUT2D eigenvalue weighted by atomic mass is 14.9. The average Bonchev–Trinajstić information content (AvgIpc) is 1.54. The zero-order valence-corrected chi connectivity index (χ0v) is 66.2. The van der Waals surface area contributed by atoms with E-state index in [2.05, 4.69) is 54.1 Å². The first-order chi connectivity index (χ1) is 67.2. The molecule has 0 unspecified atom stereocenters. The smallest absolute Gasteiger partial charge is 0.201 e. The zero-order chi connectivity index (χ0) is 108. The lowest BCUT2D eigenvalue weighted by atomic mass is 9.82. The first kappa shape index (κ1) is 47.8. The molecule has 112 heavy (non-hydrogen) atoms. The fourth-order valence-electron chi connectivity index (χ4n) is 15.4. The SMILES string of the molecule is [2H]C([2H])([2H])c1ccccc1-c1cc(-c2cc(C([2H])([2H])C(C)(C)C)c(C([2H])([2H])[2H])c[n+]2C)c(C)cc1C([2H])([2H])[2H].[2H]C([2H])([2H])c1ccccc1-c1cc(-c2cc(C3([2H])CCCC3)c(C([2H])([2H])[2H])c[n+]2C)c(C)cc1C([2H])([2H])[2H].[2H]C([2H])([2H])c1ccccc1-c1cc(-c2cc(C3([2H])CCCCC3)c(C([2H])([2H])[2H])c[n+]2C)c(C)cc1C([2H])([2H])[2H].[2H]C([2H])([2H])c1ccccc1-c1ccc(C)c(-c2cc(-c3ccccc3)cc[n+]2C)c1. The molecule has 2 saturated carbocycles. The van der Waals surface area contributed by atoms with Crippen LogP contribution in [0.2, 0.25) is 0 Å². The van der Waals surface area contributed by atoms with Gasteiger partial charge >= 0.3 is 0 Å². The summed E-state index contributed by atoms with van der Waals surface area (Å²) in [6, 6.07) is 61.8. The molecule has 0 atom stereocenters. The van der Waals surface area contributed by atoms with Crippen molar-refractivity contribution < 1.29 is 64.9 Å². The van der Waals surface area contributed by atoms with Gasteiger partial charge in [-0.2, -0.15) is 0 Å². The van der Waals surface area contributed by atoms with E-state index in [-0.39, 0.29) is 66.8 Å². The summed E-state index contributed by atoms with van der Waals surface area (Å²) in [7, 11) is 7.15. The summed E-state index contributed by atoms with van der Waals surface area (Å²) in [5, 5.41) is 0. The van der Waals surface area contributed by atoms with Gasteiger partial charge in [-0.15, -0.1) is 0 Å². The van der Waals surface area contributed by atoms with Crippen molar-refractivity contribution >= 4 is 0 Å².